The first-order valence-corrected chi connectivity index (χ1v) is 9.15. The highest BCUT2D eigenvalue weighted by Crippen LogP contribution is 2.36. The van der Waals surface area contributed by atoms with Gasteiger partial charge in [-0.3, -0.25) is 0 Å². The lowest BCUT2D eigenvalue weighted by Crippen LogP contribution is -2.45. The van der Waals surface area contributed by atoms with Gasteiger partial charge in [0.15, 0.2) is 0 Å². The Hall–Kier alpha value is 0.150. The Morgan fingerprint density at radius 1 is 1.42 bits per heavy atom. The maximum atomic E-state index is 12.7. The van der Waals surface area contributed by atoms with Crippen molar-refractivity contribution >= 4 is 44.6 Å². The quantitative estimate of drug-likeness (QED) is 0.915. The van der Waals surface area contributed by atoms with Crippen molar-refractivity contribution in [2.24, 2.45) is 0 Å². The number of nitrogens with one attached hydrogen (secondary N) is 1. The van der Waals surface area contributed by atoms with E-state index >= 15 is 0 Å². The molecular weight excluding hydrogens is 327 g/mol. The average Bonchev–Trinajstić information content (AvgIpc) is 2.71. The van der Waals surface area contributed by atoms with Crippen LogP contribution in [0, 0.1) is 0 Å². The molecule has 0 amide bonds. The number of hydrogen-bond acceptors (Lipinski definition) is 4. The molecule has 0 aliphatic carbocycles. The molecule has 0 radical (unpaired) electrons. The monoisotopic (exact) mass is 342 g/mol. The predicted octanol–water partition coefficient (Wildman–Crippen LogP) is 2.82. The highest BCUT2D eigenvalue weighted by molar-refractivity contribution is 7.89. The fraction of sp³-hybridized carbons (Fsp3) is 0.636. The molecular formula is C11H16Cl2N2O2S2. The van der Waals surface area contributed by atoms with E-state index in [0.29, 0.717) is 10.9 Å². The first-order valence-electron chi connectivity index (χ1n) is 6.14. The molecule has 2 rings (SSSR count). The lowest BCUT2D eigenvalue weighted by molar-refractivity contribution is 0.271. The van der Waals surface area contributed by atoms with Crippen molar-refractivity contribution in [2.45, 2.75) is 30.7 Å². The summed E-state index contributed by atoms with van der Waals surface area (Å²) in [5, 5.41) is 3.23. The summed E-state index contributed by atoms with van der Waals surface area (Å²) in [5.74, 6) is 0. The van der Waals surface area contributed by atoms with E-state index in [1.807, 2.05) is 6.92 Å². The number of rotatable bonds is 4. The Bertz CT molecular complexity index is 539. The Balaban J connectivity index is 2.32. The van der Waals surface area contributed by atoms with Crippen LogP contribution in [-0.2, 0) is 10.0 Å². The van der Waals surface area contributed by atoms with Gasteiger partial charge in [-0.25, -0.2) is 8.42 Å². The molecule has 2 heterocycles. The van der Waals surface area contributed by atoms with E-state index < -0.39 is 10.0 Å². The summed E-state index contributed by atoms with van der Waals surface area (Å²) >= 11 is 12.9. The summed E-state index contributed by atoms with van der Waals surface area (Å²) in [5.41, 5.74) is 0. The van der Waals surface area contributed by atoms with Crippen LogP contribution in [0.2, 0.25) is 8.67 Å². The molecule has 1 N–H and O–H groups in total. The molecule has 0 bridgehead atoms. The van der Waals surface area contributed by atoms with Gasteiger partial charge in [0.25, 0.3) is 0 Å². The lowest BCUT2D eigenvalue weighted by atomic mass is 10.1. The zero-order chi connectivity index (χ0) is 14.0. The Morgan fingerprint density at radius 2 is 2.05 bits per heavy atom. The molecule has 0 atom stereocenters. The molecule has 108 valence electrons. The summed E-state index contributed by atoms with van der Waals surface area (Å²) in [6, 6.07) is 1.47. The van der Waals surface area contributed by atoms with Gasteiger partial charge in [0.1, 0.15) is 9.23 Å². The molecule has 1 aromatic heterocycles. The van der Waals surface area contributed by atoms with Crippen molar-refractivity contribution < 1.29 is 8.42 Å². The Kier molecular flexibility index (Phi) is 5.14. The zero-order valence-corrected chi connectivity index (χ0v) is 13.7. The molecule has 1 aromatic rings. The van der Waals surface area contributed by atoms with Crippen LogP contribution in [0.4, 0.5) is 0 Å². The van der Waals surface area contributed by atoms with Crippen molar-refractivity contribution in [2.75, 3.05) is 19.6 Å². The largest absolute Gasteiger partial charge is 0.317 e. The van der Waals surface area contributed by atoms with Crippen molar-refractivity contribution in [3.63, 3.8) is 0 Å². The van der Waals surface area contributed by atoms with Gasteiger partial charge in [-0.1, -0.05) is 30.1 Å². The van der Waals surface area contributed by atoms with Crippen molar-refractivity contribution in [3.8, 4) is 0 Å². The molecule has 4 nitrogen and oxygen atoms in total. The number of nitrogens with zero attached hydrogens (tertiary/aromatic N) is 1. The molecule has 0 spiro atoms. The van der Waals surface area contributed by atoms with Crippen LogP contribution in [0.15, 0.2) is 11.0 Å². The molecule has 1 fully saturated rings. The third kappa shape index (κ3) is 3.25. The number of piperidine rings is 1. The minimum Gasteiger partial charge on any atom is -0.317 e. The van der Waals surface area contributed by atoms with Gasteiger partial charge in [-0.15, -0.1) is 11.3 Å². The van der Waals surface area contributed by atoms with Crippen LogP contribution in [0.1, 0.15) is 19.8 Å². The molecule has 8 heteroatoms. The van der Waals surface area contributed by atoms with Gasteiger partial charge in [0.05, 0.1) is 4.34 Å². The highest BCUT2D eigenvalue weighted by Gasteiger charge is 2.33. The third-order valence-corrected chi connectivity index (χ3v) is 7.02. The standard InChI is InChI=1S/C11H16Cl2N2O2S2/c1-2-15(8-3-5-14-6-4-8)19(16,17)9-7-10(12)18-11(9)13/h7-8,14H,2-6H2,1H3. The number of halogens is 2. The summed E-state index contributed by atoms with van der Waals surface area (Å²) in [4.78, 5) is 0.129. The van der Waals surface area contributed by atoms with Crippen LogP contribution in [0.25, 0.3) is 0 Å². The van der Waals surface area contributed by atoms with Gasteiger partial charge in [-0.2, -0.15) is 4.31 Å². The molecule has 19 heavy (non-hydrogen) atoms. The third-order valence-electron chi connectivity index (χ3n) is 3.24. The van der Waals surface area contributed by atoms with Crippen molar-refractivity contribution in [1.82, 2.24) is 9.62 Å². The normalized spacial score (nSPS) is 18.1. The highest BCUT2D eigenvalue weighted by atomic mass is 35.5. The van der Waals surface area contributed by atoms with E-state index in [1.54, 1.807) is 0 Å². The van der Waals surface area contributed by atoms with Crippen LogP contribution < -0.4 is 5.32 Å². The minimum absolute atomic E-state index is 0.0333. The van der Waals surface area contributed by atoms with Gasteiger partial charge < -0.3 is 5.32 Å². The van der Waals surface area contributed by atoms with E-state index in [4.69, 9.17) is 23.2 Å². The number of thiophene rings is 1. The predicted molar refractivity (Wildman–Crippen MR) is 79.8 cm³/mol. The fourth-order valence-electron chi connectivity index (χ4n) is 2.35. The van der Waals surface area contributed by atoms with Gasteiger partial charge in [0, 0.05) is 12.6 Å². The second-order valence-electron chi connectivity index (χ2n) is 4.38. The molecule has 0 unspecified atom stereocenters. The number of hydrogen-bond donors (Lipinski definition) is 1. The first kappa shape index (κ1) is 15.5. The molecule has 1 aliphatic heterocycles. The smallest absolute Gasteiger partial charge is 0.245 e. The Morgan fingerprint density at radius 3 is 2.53 bits per heavy atom. The van der Waals surface area contributed by atoms with Gasteiger partial charge >= 0.3 is 0 Å². The van der Waals surface area contributed by atoms with E-state index in [0.717, 1.165) is 37.3 Å². The van der Waals surface area contributed by atoms with Crippen LogP contribution in [0.5, 0.6) is 0 Å². The zero-order valence-electron chi connectivity index (χ0n) is 10.5. The number of sulfonamides is 1. The SMILES string of the molecule is CCN(C1CCNCC1)S(=O)(=O)c1cc(Cl)sc1Cl. The second kappa shape index (κ2) is 6.28. The summed E-state index contributed by atoms with van der Waals surface area (Å²) in [6.07, 6.45) is 1.64. The van der Waals surface area contributed by atoms with E-state index in [-0.39, 0.29) is 15.3 Å². The van der Waals surface area contributed by atoms with Crippen LogP contribution >= 0.6 is 34.5 Å². The minimum atomic E-state index is -3.56. The first-order chi connectivity index (χ1) is 8.96. The van der Waals surface area contributed by atoms with E-state index in [2.05, 4.69) is 5.32 Å². The molecule has 0 aromatic carbocycles. The Labute approximate surface area is 127 Å². The maximum absolute atomic E-state index is 12.7. The summed E-state index contributed by atoms with van der Waals surface area (Å²) in [6.45, 7) is 3.97. The molecule has 1 saturated heterocycles. The van der Waals surface area contributed by atoms with Crippen LogP contribution in [0.3, 0.4) is 0 Å². The van der Waals surface area contributed by atoms with E-state index in [1.165, 1.54) is 10.4 Å². The molecule has 0 saturated carbocycles. The summed E-state index contributed by atoms with van der Waals surface area (Å²) in [7, 11) is -3.56. The lowest BCUT2D eigenvalue weighted by Gasteiger charge is -2.32. The summed E-state index contributed by atoms with van der Waals surface area (Å²) < 4.78 is 27.5. The van der Waals surface area contributed by atoms with Crippen molar-refractivity contribution in [1.29, 1.82) is 0 Å². The van der Waals surface area contributed by atoms with Crippen LogP contribution in [-0.4, -0.2) is 38.4 Å². The van der Waals surface area contributed by atoms with Crippen molar-refractivity contribution in [3.05, 3.63) is 14.7 Å². The van der Waals surface area contributed by atoms with Gasteiger partial charge in [-0.05, 0) is 32.0 Å². The maximum Gasteiger partial charge on any atom is 0.245 e. The fourth-order valence-corrected chi connectivity index (χ4v) is 6.16. The topological polar surface area (TPSA) is 49.4 Å². The van der Waals surface area contributed by atoms with E-state index in [9.17, 15) is 8.42 Å². The average molecular weight is 343 g/mol. The van der Waals surface area contributed by atoms with Gasteiger partial charge in [0.2, 0.25) is 10.0 Å². The second-order valence-corrected chi connectivity index (χ2v) is 8.52. The molecule has 1 aliphatic rings.